The van der Waals surface area contributed by atoms with Gasteiger partial charge >= 0.3 is 5.97 Å². The average molecular weight is 383 g/mol. The van der Waals surface area contributed by atoms with Crippen molar-refractivity contribution in [1.29, 1.82) is 0 Å². The number of carbonyl (C=O) groups is 1. The molecule has 2 aromatic rings. The molecular weight excluding hydrogens is 354 g/mol. The summed E-state index contributed by atoms with van der Waals surface area (Å²) in [7, 11) is 0. The van der Waals surface area contributed by atoms with E-state index in [2.05, 4.69) is 9.88 Å². The average Bonchev–Trinajstić information content (AvgIpc) is 3.00. The molecular formula is C22H29N3O3. The Morgan fingerprint density at radius 3 is 3.07 bits per heavy atom. The molecule has 28 heavy (non-hydrogen) atoms. The fourth-order valence-corrected chi connectivity index (χ4v) is 6.56. The van der Waals surface area contributed by atoms with Gasteiger partial charge in [0.05, 0.1) is 6.61 Å². The summed E-state index contributed by atoms with van der Waals surface area (Å²) < 4.78 is 5.32. The molecule has 1 saturated carbocycles. The largest absolute Gasteiger partial charge is 0.427 e. The van der Waals surface area contributed by atoms with E-state index in [0.717, 1.165) is 43.3 Å². The monoisotopic (exact) mass is 383 g/mol. The Bertz CT molecular complexity index is 923. The lowest BCUT2D eigenvalue weighted by Crippen LogP contribution is -2.66. The van der Waals surface area contributed by atoms with Crippen molar-refractivity contribution in [1.82, 2.24) is 9.88 Å². The zero-order chi connectivity index (χ0) is 19.5. The standard InChI is InChI=1S/C22H29N3O3/c1-13(27)28-16-2-3-19-18(9-16)17-5-7-25-11-14-8-15(4-6-23)21(25)22(10-14,12-26)20(17)24-19/h2-3,9,14-15,21,24,26H,4-8,10-12,23H2,1H3. The van der Waals surface area contributed by atoms with Gasteiger partial charge in [0.25, 0.3) is 0 Å². The summed E-state index contributed by atoms with van der Waals surface area (Å²) in [5.41, 5.74) is 9.22. The minimum absolute atomic E-state index is 0.155. The highest BCUT2D eigenvalue weighted by Crippen LogP contribution is 2.54. The Morgan fingerprint density at radius 1 is 1.46 bits per heavy atom. The van der Waals surface area contributed by atoms with E-state index in [9.17, 15) is 9.90 Å². The normalized spacial score (nSPS) is 33.5. The molecule has 4 heterocycles. The molecule has 5 atom stereocenters. The number of aliphatic hydroxyl groups excluding tert-OH is 1. The molecule has 3 fully saturated rings. The third-order valence-corrected chi connectivity index (χ3v) is 7.29. The van der Waals surface area contributed by atoms with Crippen molar-refractivity contribution >= 4 is 16.9 Å². The SMILES string of the molecule is CC(=O)Oc1ccc2[nH]c3c(c2c1)CCN1CC2CC(CCN)C1C3(CO)C2. The summed E-state index contributed by atoms with van der Waals surface area (Å²) in [6, 6.07) is 6.14. The highest BCUT2D eigenvalue weighted by Gasteiger charge is 2.57. The predicted octanol–water partition coefficient (Wildman–Crippen LogP) is 1.94. The highest BCUT2D eigenvalue weighted by molar-refractivity contribution is 5.87. The van der Waals surface area contributed by atoms with Crippen LogP contribution in [0, 0.1) is 11.8 Å². The van der Waals surface area contributed by atoms with Crippen LogP contribution in [0.3, 0.4) is 0 Å². The van der Waals surface area contributed by atoms with Crippen molar-refractivity contribution in [3.63, 3.8) is 0 Å². The van der Waals surface area contributed by atoms with Crippen LogP contribution in [0.1, 0.15) is 37.4 Å². The van der Waals surface area contributed by atoms with E-state index in [-0.39, 0.29) is 18.0 Å². The molecule has 6 rings (SSSR count). The van der Waals surface area contributed by atoms with E-state index < -0.39 is 0 Å². The van der Waals surface area contributed by atoms with Gasteiger partial charge in [0, 0.05) is 48.1 Å². The Labute approximate surface area is 165 Å². The summed E-state index contributed by atoms with van der Waals surface area (Å²) in [4.78, 5) is 17.7. The molecule has 6 nitrogen and oxygen atoms in total. The van der Waals surface area contributed by atoms with Crippen molar-refractivity contribution in [2.24, 2.45) is 17.6 Å². The van der Waals surface area contributed by atoms with Crippen LogP contribution in [0.25, 0.3) is 10.9 Å². The molecule has 2 saturated heterocycles. The minimum Gasteiger partial charge on any atom is -0.427 e. The second-order valence-corrected chi connectivity index (χ2v) is 8.93. The first kappa shape index (κ1) is 18.2. The fraction of sp³-hybridized carbons (Fsp3) is 0.591. The quantitative estimate of drug-likeness (QED) is 0.554. The maximum atomic E-state index is 11.4. The number of aliphatic hydroxyl groups is 1. The van der Waals surface area contributed by atoms with E-state index in [4.69, 9.17) is 10.5 Å². The van der Waals surface area contributed by atoms with Crippen LogP contribution in [0.15, 0.2) is 18.2 Å². The van der Waals surface area contributed by atoms with Crippen LogP contribution in [0.2, 0.25) is 0 Å². The Morgan fingerprint density at radius 2 is 2.32 bits per heavy atom. The maximum absolute atomic E-state index is 11.4. The second-order valence-electron chi connectivity index (χ2n) is 8.93. The van der Waals surface area contributed by atoms with Gasteiger partial charge in [0.1, 0.15) is 5.75 Å². The van der Waals surface area contributed by atoms with Crippen LogP contribution in [-0.4, -0.2) is 53.2 Å². The first-order chi connectivity index (χ1) is 13.6. The zero-order valence-corrected chi connectivity index (χ0v) is 16.4. The lowest BCUT2D eigenvalue weighted by Gasteiger charge is -2.59. The molecule has 4 N–H and O–H groups in total. The van der Waals surface area contributed by atoms with Crippen molar-refractivity contribution in [2.75, 3.05) is 26.2 Å². The molecule has 1 aromatic carbocycles. The summed E-state index contributed by atoms with van der Waals surface area (Å²) in [6.45, 7) is 4.42. The lowest BCUT2D eigenvalue weighted by molar-refractivity contribution is -0.131. The number of nitrogens with zero attached hydrogens (tertiary/aromatic N) is 1. The van der Waals surface area contributed by atoms with Gasteiger partial charge in [0.15, 0.2) is 0 Å². The number of hydrogen-bond acceptors (Lipinski definition) is 5. The Hall–Kier alpha value is -1.89. The van der Waals surface area contributed by atoms with Gasteiger partial charge in [0.2, 0.25) is 0 Å². The first-order valence-corrected chi connectivity index (χ1v) is 10.4. The van der Waals surface area contributed by atoms with Crippen molar-refractivity contribution < 1.29 is 14.6 Å². The van der Waals surface area contributed by atoms with E-state index in [0.29, 0.717) is 30.2 Å². The van der Waals surface area contributed by atoms with Gasteiger partial charge in [-0.25, -0.2) is 0 Å². The van der Waals surface area contributed by atoms with Gasteiger partial charge < -0.3 is 20.6 Å². The molecule has 4 aliphatic rings. The molecule has 6 heteroatoms. The van der Waals surface area contributed by atoms with Crippen LogP contribution in [-0.2, 0) is 16.6 Å². The summed E-state index contributed by atoms with van der Waals surface area (Å²) in [6.07, 6.45) is 4.22. The van der Waals surface area contributed by atoms with E-state index in [1.165, 1.54) is 24.6 Å². The van der Waals surface area contributed by atoms with Crippen LogP contribution in [0.5, 0.6) is 5.75 Å². The topological polar surface area (TPSA) is 91.6 Å². The van der Waals surface area contributed by atoms with Gasteiger partial charge in [-0.15, -0.1) is 0 Å². The molecule has 4 bridgehead atoms. The third-order valence-electron chi connectivity index (χ3n) is 7.29. The van der Waals surface area contributed by atoms with Crippen molar-refractivity contribution in [3.8, 4) is 5.75 Å². The number of esters is 1. The number of rotatable bonds is 4. The first-order valence-electron chi connectivity index (χ1n) is 10.4. The van der Waals surface area contributed by atoms with Crippen LogP contribution < -0.4 is 10.5 Å². The number of piperidine rings is 2. The lowest BCUT2D eigenvalue weighted by atomic mass is 9.56. The highest BCUT2D eigenvalue weighted by atomic mass is 16.5. The third kappa shape index (κ3) is 2.55. The van der Waals surface area contributed by atoms with E-state index in [1.54, 1.807) is 0 Å². The van der Waals surface area contributed by atoms with E-state index in [1.807, 2.05) is 18.2 Å². The number of hydrogen-bond donors (Lipinski definition) is 3. The molecule has 3 aliphatic heterocycles. The number of benzene rings is 1. The predicted molar refractivity (Wildman–Crippen MR) is 107 cm³/mol. The summed E-state index contributed by atoms with van der Waals surface area (Å²) in [5.74, 6) is 1.42. The molecule has 1 aliphatic carbocycles. The van der Waals surface area contributed by atoms with Gasteiger partial charge in [-0.05, 0) is 67.8 Å². The molecule has 0 amide bonds. The number of ether oxygens (including phenoxy) is 1. The minimum atomic E-state index is -0.309. The van der Waals surface area contributed by atoms with Crippen molar-refractivity contribution in [2.45, 2.75) is 44.1 Å². The van der Waals surface area contributed by atoms with Crippen molar-refractivity contribution in [3.05, 3.63) is 29.5 Å². The fourth-order valence-electron chi connectivity index (χ4n) is 6.56. The molecule has 150 valence electrons. The van der Waals surface area contributed by atoms with Gasteiger partial charge in [-0.1, -0.05) is 0 Å². The smallest absolute Gasteiger partial charge is 0.308 e. The van der Waals surface area contributed by atoms with Crippen LogP contribution in [0.4, 0.5) is 0 Å². The molecule has 5 unspecified atom stereocenters. The number of H-pyrrole nitrogens is 1. The van der Waals surface area contributed by atoms with Gasteiger partial charge in [-0.2, -0.15) is 0 Å². The molecule has 1 aromatic heterocycles. The van der Waals surface area contributed by atoms with Gasteiger partial charge in [-0.3, -0.25) is 9.69 Å². The Kier molecular flexibility index (Phi) is 4.27. The molecule has 0 spiro atoms. The van der Waals surface area contributed by atoms with E-state index >= 15 is 0 Å². The number of nitrogens with two attached hydrogens (primary N) is 1. The Balaban J connectivity index is 1.67. The second kappa shape index (κ2) is 6.58. The maximum Gasteiger partial charge on any atom is 0.308 e. The van der Waals surface area contributed by atoms with Crippen LogP contribution >= 0.6 is 0 Å². The molecule has 0 radical (unpaired) electrons. The summed E-state index contributed by atoms with van der Waals surface area (Å²) in [5, 5.41) is 11.8. The number of nitrogens with one attached hydrogen (secondary N) is 1. The number of carbonyl (C=O) groups excluding carboxylic acids is 1. The number of aromatic nitrogens is 1. The number of aromatic amines is 1. The zero-order valence-electron chi connectivity index (χ0n) is 16.4. The number of fused-ring (bicyclic) bond motifs is 4. The summed E-state index contributed by atoms with van der Waals surface area (Å²) >= 11 is 0.